The van der Waals surface area contributed by atoms with Crippen molar-refractivity contribution in [2.75, 3.05) is 19.7 Å². The number of quaternary nitrogens is 1. The van der Waals surface area contributed by atoms with Gasteiger partial charge in [-0.1, -0.05) is 20.8 Å². The number of nitrogens with two attached hydrogens (primary N) is 2. The van der Waals surface area contributed by atoms with Crippen LogP contribution in [-0.4, -0.2) is 30.5 Å². The van der Waals surface area contributed by atoms with Gasteiger partial charge in [-0.3, -0.25) is 4.98 Å². The van der Waals surface area contributed by atoms with E-state index in [2.05, 4.69) is 31.8 Å². The first-order valence-corrected chi connectivity index (χ1v) is 9.50. The molecule has 2 aromatic rings. The molecule has 6 nitrogen and oxygen atoms in total. The quantitative estimate of drug-likeness (QED) is 0.429. The summed E-state index contributed by atoms with van der Waals surface area (Å²) >= 11 is 0. The van der Waals surface area contributed by atoms with Crippen molar-refractivity contribution in [3.63, 3.8) is 0 Å². The van der Waals surface area contributed by atoms with E-state index in [0.29, 0.717) is 19.1 Å². The van der Waals surface area contributed by atoms with Gasteiger partial charge in [0, 0.05) is 18.4 Å². The molecule has 4 N–H and O–H groups in total. The van der Waals surface area contributed by atoms with E-state index >= 15 is 0 Å². The molecule has 140 valence electrons. The molecular formula is C20H30N5O+. The van der Waals surface area contributed by atoms with Gasteiger partial charge in [-0.15, -0.1) is 0 Å². The van der Waals surface area contributed by atoms with Crippen molar-refractivity contribution in [3.8, 4) is 5.75 Å². The van der Waals surface area contributed by atoms with E-state index in [1.807, 2.05) is 18.3 Å². The van der Waals surface area contributed by atoms with Gasteiger partial charge >= 0.3 is 0 Å². The number of hydrogen-bond donors (Lipinski definition) is 2. The number of aromatic nitrogens is 1. The van der Waals surface area contributed by atoms with Gasteiger partial charge in [-0.05, 0) is 31.5 Å². The number of pyridine rings is 1. The van der Waals surface area contributed by atoms with Crippen molar-refractivity contribution in [1.29, 1.82) is 0 Å². The van der Waals surface area contributed by atoms with E-state index in [-0.39, 0.29) is 4.59 Å². The molecule has 3 rings (SSSR count). The second-order valence-corrected chi connectivity index (χ2v) is 7.38. The minimum atomic E-state index is 0.285. The molecule has 0 saturated heterocycles. The lowest BCUT2D eigenvalue weighted by Crippen LogP contribution is -2.60. The minimum Gasteiger partial charge on any atom is -0.493 e. The molecule has 6 heteroatoms. The highest BCUT2D eigenvalue weighted by molar-refractivity contribution is 6.10. The van der Waals surface area contributed by atoms with E-state index < -0.39 is 0 Å². The van der Waals surface area contributed by atoms with Crippen LogP contribution in [0.1, 0.15) is 40.0 Å². The largest absolute Gasteiger partial charge is 0.493 e. The Morgan fingerprint density at radius 3 is 2.77 bits per heavy atom. The first-order valence-electron chi connectivity index (χ1n) is 9.50. The molecule has 1 unspecified atom stereocenters. The number of rotatable bonds is 8. The van der Waals surface area contributed by atoms with Crippen LogP contribution in [0.5, 0.6) is 5.75 Å². The summed E-state index contributed by atoms with van der Waals surface area (Å²) in [5, 5.41) is 1.05. The van der Waals surface area contributed by atoms with Gasteiger partial charge in [0.2, 0.25) is 5.84 Å². The predicted molar refractivity (Wildman–Crippen MR) is 109 cm³/mol. The molecular weight excluding hydrogens is 326 g/mol. The lowest BCUT2D eigenvalue weighted by atomic mass is 10.1. The average Bonchev–Trinajstić information content (AvgIpc) is 2.87. The van der Waals surface area contributed by atoms with Crippen LogP contribution in [0.4, 0.5) is 11.4 Å². The van der Waals surface area contributed by atoms with Crippen molar-refractivity contribution in [2.45, 2.75) is 40.0 Å². The van der Waals surface area contributed by atoms with Crippen molar-refractivity contribution < 1.29 is 4.74 Å². The number of ether oxygens (including phenoxy) is 1. The number of nitrogens with zero attached hydrogens (tertiary/aromatic N) is 3. The molecule has 1 aromatic heterocycles. The van der Waals surface area contributed by atoms with Crippen LogP contribution in [0, 0.1) is 5.92 Å². The van der Waals surface area contributed by atoms with E-state index in [9.17, 15) is 0 Å². The van der Waals surface area contributed by atoms with Gasteiger partial charge < -0.3 is 10.5 Å². The zero-order chi connectivity index (χ0) is 18.7. The van der Waals surface area contributed by atoms with Gasteiger partial charge in [0.25, 0.3) is 0 Å². The third-order valence-corrected chi connectivity index (χ3v) is 4.65. The van der Waals surface area contributed by atoms with Gasteiger partial charge in [-0.2, -0.15) is 15.4 Å². The molecule has 2 heterocycles. The van der Waals surface area contributed by atoms with E-state index in [1.165, 1.54) is 0 Å². The van der Waals surface area contributed by atoms with Crippen LogP contribution in [0.25, 0.3) is 10.9 Å². The molecule has 0 amide bonds. The second kappa shape index (κ2) is 7.70. The van der Waals surface area contributed by atoms with Crippen LogP contribution < -0.4 is 20.9 Å². The molecule has 1 aliphatic rings. The topological polar surface area (TPSA) is 86.5 Å². The number of aliphatic imine (C=N–C) groups is 1. The summed E-state index contributed by atoms with van der Waals surface area (Å²) in [7, 11) is 0. The SMILES string of the molecule is CCCC1=Nc2cnc3cc(OCCCN)ccc3c2[N+]1(N)CC(C)C. The van der Waals surface area contributed by atoms with Crippen LogP contribution in [0.3, 0.4) is 0 Å². The van der Waals surface area contributed by atoms with E-state index in [4.69, 9.17) is 21.3 Å². The highest BCUT2D eigenvalue weighted by Crippen LogP contribution is 2.44. The summed E-state index contributed by atoms with van der Waals surface area (Å²) < 4.78 is 6.05. The zero-order valence-corrected chi connectivity index (χ0v) is 16.0. The van der Waals surface area contributed by atoms with Crippen molar-refractivity contribution in [1.82, 2.24) is 9.58 Å². The highest BCUT2D eigenvalue weighted by atomic mass is 16.5. The molecule has 0 spiro atoms. The smallest absolute Gasteiger partial charge is 0.228 e. The number of hydrogen-bond acceptors (Lipinski definition) is 5. The normalized spacial score (nSPS) is 19.1. The molecule has 26 heavy (non-hydrogen) atoms. The molecule has 0 radical (unpaired) electrons. The summed E-state index contributed by atoms with van der Waals surface area (Å²) in [6.45, 7) is 8.61. The fraction of sp³-hybridized carbons (Fsp3) is 0.500. The Bertz CT molecular complexity index is 817. The number of benzene rings is 1. The molecule has 0 saturated carbocycles. The van der Waals surface area contributed by atoms with Gasteiger partial charge in [0.15, 0.2) is 11.4 Å². The van der Waals surface area contributed by atoms with Crippen molar-refractivity contribution in [3.05, 3.63) is 24.4 Å². The molecule has 1 aromatic carbocycles. The first-order chi connectivity index (χ1) is 12.5. The van der Waals surface area contributed by atoms with E-state index in [1.54, 1.807) is 0 Å². The fourth-order valence-corrected chi connectivity index (χ4v) is 3.62. The van der Waals surface area contributed by atoms with Gasteiger partial charge in [-0.25, -0.2) is 0 Å². The van der Waals surface area contributed by atoms with Gasteiger partial charge in [0.1, 0.15) is 12.3 Å². The number of fused-ring (bicyclic) bond motifs is 3. The Kier molecular flexibility index (Phi) is 5.55. The third-order valence-electron chi connectivity index (χ3n) is 4.65. The van der Waals surface area contributed by atoms with Crippen LogP contribution in [0.15, 0.2) is 29.4 Å². The Hall–Kier alpha value is -2.02. The Morgan fingerprint density at radius 2 is 2.08 bits per heavy atom. The Morgan fingerprint density at radius 1 is 1.27 bits per heavy atom. The molecule has 1 aliphatic heterocycles. The predicted octanol–water partition coefficient (Wildman–Crippen LogP) is 3.64. The second-order valence-electron chi connectivity index (χ2n) is 7.38. The fourth-order valence-electron chi connectivity index (χ4n) is 3.62. The van der Waals surface area contributed by atoms with Crippen LogP contribution in [-0.2, 0) is 0 Å². The van der Waals surface area contributed by atoms with Crippen molar-refractivity contribution in [2.24, 2.45) is 22.5 Å². The molecule has 1 atom stereocenters. The van der Waals surface area contributed by atoms with Gasteiger partial charge in [0.05, 0.1) is 23.7 Å². The summed E-state index contributed by atoms with van der Waals surface area (Å²) in [4.78, 5) is 9.44. The summed E-state index contributed by atoms with van der Waals surface area (Å²) in [5.74, 6) is 9.22. The standard InChI is InChI=1S/C20H30N5O/c1-4-6-19-24-18-12-23-17-11-15(26-10-5-9-21)7-8-16(17)20(18)25(19,22)13-14(2)3/h7-8,11-12,14H,4-6,9-10,13,21-22H2,1-3H3/q+1. The molecule has 0 bridgehead atoms. The maximum absolute atomic E-state index is 6.94. The Labute approximate surface area is 155 Å². The zero-order valence-electron chi connectivity index (χ0n) is 16.0. The molecule has 0 aliphatic carbocycles. The summed E-state index contributed by atoms with van der Waals surface area (Å²) in [5.41, 5.74) is 8.36. The lowest BCUT2D eigenvalue weighted by molar-refractivity contribution is 0.314. The maximum Gasteiger partial charge on any atom is 0.228 e. The van der Waals surface area contributed by atoms with Crippen LogP contribution >= 0.6 is 0 Å². The van der Waals surface area contributed by atoms with E-state index in [0.717, 1.165) is 59.7 Å². The Balaban J connectivity index is 2.04. The number of amidine groups is 1. The monoisotopic (exact) mass is 356 g/mol. The minimum absolute atomic E-state index is 0.285. The van der Waals surface area contributed by atoms with Crippen LogP contribution in [0.2, 0.25) is 0 Å². The summed E-state index contributed by atoms with van der Waals surface area (Å²) in [6, 6.07) is 6.02. The lowest BCUT2D eigenvalue weighted by Gasteiger charge is -2.31. The highest BCUT2D eigenvalue weighted by Gasteiger charge is 2.43. The molecule has 0 fully saturated rings. The maximum atomic E-state index is 6.94. The first kappa shape index (κ1) is 18.8. The third kappa shape index (κ3) is 3.45. The average molecular weight is 356 g/mol. The van der Waals surface area contributed by atoms with Crippen molar-refractivity contribution >= 4 is 28.1 Å². The summed E-state index contributed by atoms with van der Waals surface area (Å²) in [6.07, 6.45) is 4.58.